The molecule has 18 nitrogen and oxygen atoms in total. The third-order valence-corrected chi connectivity index (χ3v) is 10.1. The maximum Gasteiger partial charge on any atom is 0.352 e. The van der Waals surface area contributed by atoms with Gasteiger partial charge in [-0.05, 0) is 40.6 Å². The molecule has 6 amide bonds. The number of benzene rings is 1. The Labute approximate surface area is 261 Å². The number of fused-ring (bicyclic) bond motifs is 1. The van der Waals surface area contributed by atoms with Gasteiger partial charge in [-0.25, -0.2) is 14.3 Å². The summed E-state index contributed by atoms with van der Waals surface area (Å²) in [5.41, 5.74) is 0.0250. The molecule has 4 N–H and O–H groups in total. The molecule has 0 aliphatic carbocycles. The first-order valence-corrected chi connectivity index (χ1v) is 15.8. The zero-order valence-electron chi connectivity index (χ0n) is 23.8. The molecule has 3 aliphatic rings. The number of carboxylic acids is 1. The highest BCUT2D eigenvalue weighted by molar-refractivity contribution is 7.99. The zero-order valence-corrected chi connectivity index (χ0v) is 25.4. The van der Waals surface area contributed by atoms with E-state index in [0.717, 1.165) is 16.7 Å². The molecule has 45 heavy (non-hydrogen) atoms. The van der Waals surface area contributed by atoms with Crippen molar-refractivity contribution < 1.29 is 43.2 Å². The molecule has 238 valence electrons. The first-order chi connectivity index (χ1) is 21.4. The smallest absolute Gasteiger partial charge is 0.352 e. The number of piperazine rings is 1. The van der Waals surface area contributed by atoms with E-state index in [9.17, 15) is 43.2 Å². The number of tetrazole rings is 1. The van der Waals surface area contributed by atoms with Crippen molar-refractivity contribution >= 4 is 58.2 Å². The Morgan fingerprint density at radius 1 is 1.13 bits per heavy atom. The highest BCUT2D eigenvalue weighted by atomic mass is 32.2. The Hall–Kier alpha value is -4.85. The lowest BCUT2D eigenvalue weighted by molar-refractivity contribution is -0.153. The van der Waals surface area contributed by atoms with Gasteiger partial charge in [0, 0.05) is 32.4 Å². The fourth-order valence-corrected chi connectivity index (χ4v) is 7.71. The molecular weight excluding hydrogens is 634 g/mol. The van der Waals surface area contributed by atoms with E-state index in [1.807, 2.05) is 0 Å². The number of carboxylic acid groups (broad SMARTS) is 1. The Balaban J connectivity index is 1.35. The number of carbonyl (C=O) groups excluding carboxylic acids is 5. The minimum Gasteiger partial charge on any atom is -0.508 e. The first-order valence-electron chi connectivity index (χ1n) is 13.4. The van der Waals surface area contributed by atoms with Crippen molar-refractivity contribution in [1.29, 1.82) is 0 Å². The van der Waals surface area contributed by atoms with Crippen molar-refractivity contribution in [3.8, 4) is 5.75 Å². The van der Waals surface area contributed by atoms with Gasteiger partial charge >= 0.3 is 23.8 Å². The van der Waals surface area contributed by atoms with Gasteiger partial charge in [0.05, 0.1) is 16.6 Å². The van der Waals surface area contributed by atoms with E-state index in [-0.39, 0.29) is 53.7 Å². The van der Waals surface area contributed by atoms with Crippen LogP contribution in [0.4, 0.5) is 4.79 Å². The number of imide groups is 1. The number of urea groups is 1. The van der Waals surface area contributed by atoms with Crippen molar-refractivity contribution in [3.05, 3.63) is 41.1 Å². The number of β-lactam (4-membered cyclic amide) rings is 1. The molecule has 5 rings (SSSR count). The van der Waals surface area contributed by atoms with Gasteiger partial charge in [-0.1, -0.05) is 23.9 Å². The number of aliphatic carboxylic acids is 1. The SMILES string of the molecule is CCN1CCN(C(=O)N[C@@H](C(=O)N[C@@H]2C(=O)N3C(C(=O)O)=C(CSc4nnnn4C)C[S@@](=O)[C@H]23)c2ccc(O)cc2)C(=O)C1=O. The summed E-state index contributed by atoms with van der Waals surface area (Å²) in [6, 6.07) is 1.21. The Morgan fingerprint density at radius 3 is 2.47 bits per heavy atom. The average Bonchev–Trinajstić information content (AvgIpc) is 3.42. The highest BCUT2D eigenvalue weighted by Gasteiger charge is 2.57. The lowest BCUT2D eigenvalue weighted by atomic mass is 10.0. The highest BCUT2D eigenvalue weighted by Crippen LogP contribution is 2.37. The van der Waals surface area contributed by atoms with Crippen LogP contribution in [0.3, 0.4) is 0 Å². The molecule has 0 radical (unpaired) electrons. The van der Waals surface area contributed by atoms with Crippen LogP contribution < -0.4 is 10.6 Å². The van der Waals surface area contributed by atoms with Crippen LogP contribution in [0, 0.1) is 0 Å². The number of hydrogen-bond donors (Lipinski definition) is 4. The second kappa shape index (κ2) is 12.6. The number of aromatic nitrogens is 4. The van der Waals surface area contributed by atoms with E-state index >= 15 is 0 Å². The molecule has 4 atom stereocenters. The van der Waals surface area contributed by atoms with Crippen molar-refractivity contribution in [1.82, 2.24) is 45.5 Å². The van der Waals surface area contributed by atoms with E-state index in [4.69, 9.17) is 0 Å². The summed E-state index contributed by atoms with van der Waals surface area (Å²) in [6.45, 7) is 1.93. The number of likely N-dealkylation sites (N-methyl/N-ethyl adjacent to an activating group) is 1. The maximum atomic E-state index is 13.6. The monoisotopic (exact) mass is 661 g/mol. The van der Waals surface area contributed by atoms with Crippen LogP contribution >= 0.6 is 11.8 Å². The van der Waals surface area contributed by atoms with Crippen LogP contribution in [-0.2, 0) is 41.8 Å². The van der Waals surface area contributed by atoms with Gasteiger partial charge in [0.15, 0.2) is 0 Å². The summed E-state index contributed by atoms with van der Waals surface area (Å²) in [6.07, 6.45) is 0. The van der Waals surface area contributed by atoms with E-state index in [0.29, 0.717) is 10.1 Å². The molecule has 4 heterocycles. The molecule has 2 fully saturated rings. The first kappa shape index (κ1) is 31.6. The number of amides is 6. The second-order valence-corrected chi connectivity index (χ2v) is 12.5. The normalized spacial score (nSPS) is 22.1. The lowest BCUT2D eigenvalue weighted by Gasteiger charge is -2.49. The van der Waals surface area contributed by atoms with Gasteiger partial charge in [0.1, 0.15) is 28.9 Å². The van der Waals surface area contributed by atoms with Crippen LogP contribution in [0.5, 0.6) is 5.75 Å². The Morgan fingerprint density at radius 2 is 1.84 bits per heavy atom. The summed E-state index contributed by atoms with van der Waals surface area (Å²) in [5, 5.41) is 34.7. The van der Waals surface area contributed by atoms with Gasteiger partial charge in [-0.15, -0.1) is 5.10 Å². The van der Waals surface area contributed by atoms with Gasteiger partial charge in [-0.3, -0.25) is 33.2 Å². The van der Waals surface area contributed by atoms with Crippen LogP contribution in [0.15, 0.2) is 40.7 Å². The molecule has 0 bridgehead atoms. The molecule has 0 spiro atoms. The Kier molecular flexibility index (Phi) is 8.87. The van der Waals surface area contributed by atoms with Gasteiger partial charge in [-0.2, -0.15) is 0 Å². The summed E-state index contributed by atoms with van der Waals surface area (Å²) >= 11 is 1.10. The minimum absolute atomic E-state index is 0.0395. The van der Waals surface area contributed by atoms with Crippen LogP contribution in [-0.4, -0.2) is 128 Å². The number of phenols is 1. The van der Waals surface area contributed by atoms with Crippen molar-refractivity contribution in [2.75, 3.05) is 31.1 Å². The number of thioether (sulfide) groups is 1. The van der Waals surface area contributed by atoms with Crippen LogP contribution in [0.1, 0.15) is 18.5 Å². The van der Waals surface area contributed by atoms with Crippen LogP contribution in [0.2, 0.25) is 0 Å². The summed E-state index contributed by atoms with van der Waals surface area (Å²) in [7, 11) is -0.232. The standard InChI is InChI=1S/C25H27N9O9S2/c1-3-32-8-9-33(21(39)20(32)38)24(42)27-15(12-4-6-14(35)7-5-12)18(36)26-16-19(37)34-17(23(40)41)13(11-45(43)22(16)34)10-44-25-28-29-30-31(25)2/h4-7,15-16,22,35H,3,8-11H2,1-2H3,(H,26,36)(H,27,42)(H,40,41)/t15-,16-,22-,45-/m1/s1. The predicted molar refractivity (Wildman–Crippen MR) is 153 cm³/mol. The van der Waals surface area contributed by atoms with Crippen molar-refractivity contribution in [2.24, 2.45) is 7.05 Å². The molecule has 0 saturated carbocycles. The Bertz CT molecular complexity index is 1640. The molecular formula is C25H27N9O9S2. The fourth-order valence-electron chi connectivity index (χ4n) is 5.03. The molecule has 1 aromatic carbocycles. The summed E-state index contributed by atoms with van der Waals surface area (Å²) in [4.78, 5) is 79.9. The number of rotatable bonds is 9. The molecule has 2 saturated heterocycles. The molecule has 2 aromatic rings. The van der Waals surface area contributed by atoms with Crippen molar-refractivity contribution in [2.45, 2.75) is 29.5 Å². The van der Waals surface area contributed by atoms with Gasteiger partial charge in [0.2, 0.25) is 11.1 Å². The average molecular weight is 662 g/mol. The number of nitrogens with zero attached hydrogens (tertiary/aromatic N) is 7. The lowest BCUT2D eigenvalue weighted by Crippen LogP contribution is -2.74. The zero-order chi connectivity index (χ0) is 32.6. The number of phenolic OH excluding ortho intramolecular Hbond substituents is 1. The second-order valence-electron chi connectivity index (χ2n) is 10.1. The van der Waals surface area contributed by atoms with E-state index < -0.39 is 63.9 Å². The molecule has 0 unspecified atom stereocenters. The number of nitrogens with one attached hydrogen (secondary N) is 2. The van der Waals surface area contributed by atoms with Crippen molar-refractivity contribution in [3.63, 3.8) is 0 Å². The van der Waals surface area contributed by atoms with E-state index in [1.165, 1.54) is 33.8 Å². The molecule has 1 aromatic heterocycles. The maximum absolute atomic E-state index is 13.6. The van der Waals surface area contributed by atoms with Gasteiger partial charge < -0.3 is 25.7 Å². The van der Waals surface area contributed by atoms with Gasteiger partial charge in [0.25, 0.3) is 5.91 Å². The largest absolute Gasteiger partial charge is 0.508 e. The van der Waals surface area contributed by atoms with E-state index in [1.54, 1.807) is 14.0 Å². The molecule has 3 aliphatic heterocycles. The number of carbonyl (C=O) groups is 6. The molecule has 20 heteroatoms. The fraction of sp³-hybridized carbons (Fsp3) is 0.400. The minimum atomic E-state index is -1.82. The van der Waals surface area contributed by atoms with Crippen LogP contribution in [0.25, 0.3) is 0 Å². The third kappa shape index (κ3) is 5.97. The number of aryl methyl sites for hydroxylation is 1. The number of hydrogen-bond acceptors (Lipinski definition) is 12. The quantitative estimate of drug-likeness (QED) is 0.128. The summed E-state index contributed by atoms with van der Waals surface area (Å²) in [5.74, 6) is -5.43. The summed E-state index contributed by atoms with van der Waals surface area (Å²) < 4.78 is 14.7. The predicted octanol–water partition coefficient (Wildman–Crippen LogP) is -2.10. The topological polar surface area (TPSA) is 237 Å². The third-order valence-electron chi connectivity index (χ3n) is 7.35. The number of aromatic hydroxyl groups is 1. The van der Waals surface area contributed by atoms with E-state index in [2.05, 4.69) is 26.2 Å².